The molecule has 282 valence electrons. The smallest absolute Gasteiger partial charge is 0.171 e. The van der Waals surface area contributed by atoms with Crippen molar-refractivity contribution in [2.24, 2.45) is 0 Å². The normalized spacial score (nSPS) is 11.7. The second-order valence-corrected chi connectivity index (χ2v) is 17.8. The van der Waals surface area contributed by atoms with Crippen molar-refractivity contribution in [3.05, 3.63) is 218 Å². The van der Waals surface area contributed by atoms with Crippen LogP contribution in [0.1, 0.15) is 0 Å². The highest BCUT2D eigenvalue weighted by Crippen LogP contribution is 2.46. The first-order valence-electron chi connectivity index (χ1n) is 20.1. The number of hydrogen-bond acceptors (Lipinski definition) is 4. The molecule has 11 rings (SSSR count). The number of pyridine rings is 1. The molecule has 0 radical (unpaired) electrons. The Bertz CT molecular complexity index is 3380. The summed E-state index contributed by atoms with van der Waals surface area (Å²) in [5, 5.41) is 7.63. The summed E-state index contributed by atoms with van der Waals surface area (Å²) in [6, 6.07) is 74.0. The predicted octanol–water partition coefficient (Wildman–Crippen LogP) is 12.8. The van der Waals surface area contributed by atoms with Crippen molar-refractivity contribution in [2.75, 3.05) is 0 Å². The summed E-state index contributed by atoms with van der Waals surface area (Å²) in [7, 11) is -3.20. The summed E-state index contributed by atoms with van der Waals surface area (Å²) in [4.78, 5) is 16.8. The standard InChI is InChI=1S/C55H36N3OP/c59-60(41-24-9-3-10-25-41,42-26-11-4-12-27-42)43-34-32-38(33-35-43)47-36-48-50(46-29-15-16-31-49(46)56-53(48)45-30-17-23-37-18-13-14-28-44(37)45)55-54(47)57-51(39-19-5-1-6-20-39)52(58-55)40-21-7-2-8-22-40/h1-36H. The molecule has 0 bridgehead atoms. The maximum atomic E-state index is 15.4. The second kappa shape index (κ2) is 14.7. The third kappa shape index (κ3) is 5.92. The number of rotatable bonds is 7. The third-order valence-corrected chi connectivity index (χ3v) is 14.6. The fourth-order valence-electron chi connectivity index (χ4n) is 8.66. The molecule has 9 aromatic carbocycles. The SMILES string of the molecule is O=P(c1ccccc1)(c1ccccc1)c1ccc(-c2cc3c(-c4cccc5ccccc45)nc4ccccc4c3c3nc(-c4ccccc4)c(-c4ccccc4)nc23)cc1. The minimum Gasteiger partial charge on any atom is -0.309 e. The number of hydrogen-bond donors (Lipinski definition) is 0. The minimum atomic E-state index is -3.20. The van der Waals surface area contributed by atoms with Crippen LogP contribution in [0.3, 0.4) is 0 Å². The molecule has 0 spiro atoms. The molecule has 0 saturated carbocycles. The Morgan fingerprint density at radius 1 is 0.333 bits per heavy atom. The topological polar surface area (TPSA) is 55.7 Å². The second-order valence-electron chi connectivity index (χ2n) is 15.0. The number of benzene rings is 9. The molecule has 2 heterocycles. The van der Waals surface area contributed by atoms with Crippen LogP contribution in [-0.4, -0.2) is 15.0 Å². The van der Waals surface area contributed by atoms with E-state index in [0.29, 0.717) is 0 Å². The lowest BCUT2D eigenvalue weighted by atomic mass is 9.91. The molecule has 0 aliphatic heterocycles. The average molecular weight is 786 g/mol. The van der Waals surface area contributed by atoms with E-state index >= 15 is 4.57 Å². The highest BCUT2D eigenvalue weighted by atomic mass is 31.2. The van der Waals surface area contributed by atoms with Gasteiger partial charge in [-0.15, -0.1) is 0 Å². The number of nitrogens with zero attached hydrogens (tertiary/aromatic N) is 3. The van der Waals surface area contributed by atoms with Crippen molar-refractivity contribution in [1.29, 1.82) is 0 Å². The van der Waals surface area contributed by atoms with E-state index in [1.807, 2.05) is 115 Å². The first kappa shape index (κ1) is 35.6. The quantitative estimate of drug-likeness (QED) is 0.119. The average Bonchev–Trinajstić information content (AvgIpc) is 3.33. The fourth-order valence-corrected chi connectivity index (χ4v) is 11.3. The van der Waals surface area contributed by atoms with Crippen molar-refractivity contribution in [2.45, 2.75) is 0 Å². The van der Waals surface area contributed by atoms with Gasteiger partial charge < -0.3 is 4.57 Å². The lowest BCUT2D eigenvalue weighted by Crippen LogP contribution is -2.24. The van der Waals surface area contributed by atoms with Gasteiger partial charge in [0.05, 0.1) is 33.6 Å². The number of fused-ring (bicyclic) bond motifs is 6. The summed E-state index contributed by atoms with van der Waals surface area (Å²) in [6.07, 6.45) is 0. The Morgan fingerprint density at radius 3 is 1.47 bits per heavy atom. The Balaban J connectivity index is 1.26. The summed E-state index contributed by atoms with van der Waals surface area (Å²) in [5.41, 5.74) is 9.83. The van der Waals surface area contributed by atoms with Crippen molar-refractivity contribution in [1.82, 2.24) is 15.0 Å². The van der Waals surface area contributed by atoms with Gasteiger partial charge in [-0.3, -0.25) is 0 Å². The molecule has 5 heteroatoms. The molecule has 0 saturated heterocycles. The molecule has 2 aromatic heterocycles. The van der Waals surface area contributed by atoms with Gasteiger partial charge in [-0.25, -0.2) is 15.0 Å². The molecule has 0 unspecified atom stereocenters. The molecular formula is C55H36N3OP. The minimum absolute atomic E-state index is 0.764. The van der Waals surface area contributed by atoms with E-state index in [4.69, 9.17) is 15.0 Å². The van der Waals surface area contributed by atoms with Gasteiger partial charge in [0.2, 0.25) is 0 Å². The van der Waals surface area contributed by atoms with Gasteiger partial charge >= 0.3 is 0 Å². The lowest BCUT2D eigenvalue weighted by molar-refractivity contribution is 0.592. The zero-order valence-electron chi connectivity index (χ0n) is 32.5. The van der Waals surface area contributed by atoms with E-state index in [9.17, 15) is 0 Å². The lowest BCUT2D eigenvalue weighted by Gasteiger charge is -2.21. The molecule has 0 atom stereocenters. The van der Waals surface area contributed by atoms with Gasteiger partial charge in [0.15, 0.2) is 7.14 Å². The largest absolute Gasteiger partial charge is 0.309 e. The van der Waals surface area contributed by atoms with E-state index in [1.54, 1.807) is 0 Å². The highest BCUT2D eigenvalue weighted by Gasteiger charge is 2.30. The van der Waals surface area contributed by atoms with Gasteiger partial charge in [0, 0.05) is 54.3 Å². The van der Waals surface area contributed by atoms with Gasteiger partial charge in [-0.2, -0.15) is 0 Å². The molecule has 0 N–H and O–H groups in total. The summed E-state index contributed by atoms with van der Waals surface area (Å²) in [5.74, 6) is 0. The highest BCUT2D eigenvalue weighted by molar-refractivity contribution is 7.85. The molecule has 0 aliphatic carbocycles. The number of aromatic nitrogens is 3. The van der Waals surface area contributed by atoms with E-state index in [0.717, 1.165) is 104 Å². The van der Waals surface area contributed by atoms with Crippen LogP contribution in [0, 0.1) is 0 Å². The monoisotopic (exact) mass is 785 g/mol. The van der Waals surface area contributed by atoms with Crippen LogP contribution < -0.4 is 15.9 Å². The van der Waals surface area contributed by atoms with Crippen LogP contribution >= 0.6 is 7.14 Å². The zero-order valence-corrected chi connectivity index (χ0v) is 33.4. The summed E-state index contributed by atoms with van der Waals surface area (Å²) in [6.45, 7) is 0. The van der Waals surface area contributed by atoms with E-state index in [-0.39, 0.29) is 0 Å². The maximum absolute atomic E-state index is 15.4. The summed E-state index contributed by atoms with van der Waals surface area (Å²) < 4.78 is 15.4. The first-order chi connectivity index (χ1) is 29.6. The molecule has 0 aliphatic rings. The molecule has 60 heavy (non-hydrogen) atoms. The van der Waals surface area contributed by atoms with Crippen LogP contribution in [-0.2, 0) is 4.57 Å². The molecular weight excluding hydrogens is 750 g/mol. The van der Waals surface area contributed by atoms with E-state index in [1.165, 1.54) is 0 Å². The van der Waals surface area contributed by atoms with Crippen LogP contribution in [0.2, 0.25) is 0 Å². The van der Waals surface area contributed by atoms with Crippen LogP contribution in [0.5, 0.6) is 0 Å². The van der Waals surface area contributed by atoms with Gasteiger partial charge in [0.25, 0.3) is 0 Å². The zero-order chi connectivity index (χ0) is 40.0. The van der Waals surface area contributed by atoms with Crippen LogP contribution in [0.15, 0.2) is 218 Å². The summed E-state index contributed by atoms with van der Waals surface area (Å²) >= 11 is 0. The molecule has 0 fully saturated rings. The van der Waals surface area contributed by atoms with Crippen molar-refractivity contribution < 1.29 is 4.57 Å². The van der Waals surface area contributed by atoms with Gasteiger partial charge in [-0.05, 0) is 28.5 Å². The van der Waals surface area contributed by atoms with Crippen molar-refractivity contribution >= 4 is 66.5 Å². The molecule has 4 nitrogen and oxygen atoms in total. The van der Waals surface area contributed by atoms with Gasteiger partial charge in [0.1, 0.15) is 0 Å². The number of para-hydroxylation sites is 1. The van der Waals surface area contributed by atoms with Crippen molar-refractivity contribution in [3.63, 3.8) is 0 Å². The maximum Gasteiger partial charge on any atom is 0.171 e. The van der Waals surface area contributed by atoms with E-state index in [2.05, 4.69) is 103 Å². The molecule has 11 aromatic rings. The Labute approximate surface area is 347 Å². The van der Waals surface area contributed by atoms with Crippen LogP contribution in [0.4, 0.5) is 0 Å². The fraction of sp³-hybridized carbons (Fsp3) is 0. The van der Waals surface area contributed by atoms with Gasteiger partial charge in [-0.1, -0.05) is 206 Å². The predicted molar refractivity (Wildman–Crippen MR) is 251 cm³/mol. The van der Waals surface area contributed by atoms with E-state index < -0.39 is 7.14 Å². The Hall–Kier alpha value is -7.52. The Kier molecular flexibility index (Phi) is 8.73. The Morgan fingerprint density at radius 2 is 0.833 bits per heavy atom. The molecule has 0 amide bonds. The van der Waals surface area contributed by atoms with Crippen LogP contribution in [0.25, 0.3) is 88.4 Å². The third-order valence-electron chi connectivity index (χ3n) is 11.5. The first-order valence-corrected chi connectivity index (χ1v) is 21.8. The van der Waals surface area contributed by atoms with Crippen molar-refractivity contribution in [3.8, 4) is 44.9 Å².